The first-order valence-corrected chi connectivity index (χ1v) is 3.24. The molecule has 0 saturated heterocycles. The van der Waals surface area contributed by atoms with Crippen LogP contribution in [-0.2, 0) is 0 Å². The molecule has 0 aliphatic carbocycles. The molecule has 3 heteroatoms. The van der Waals surface area contributed by atoms with Gasteiger partial charge >= 0.3 is 0 Å². The minimum atomic E-state index is -0.213. The Morgan fingerprint density at radius 3 is 2.50 bits per heavy atom. The smallest absolute Gasteiger partial charge is 0.127 e. The molecular weight excluding hydrogens is 148 g/mol. The predicted octanol–water partition coefficient (Wildman–Crippen LogP) is 1.42. The normalized spacial score (nSPS) is 13.4. The third-order valence-electron chi connectivity index (χ3n) is 0.941. The van der Waals surface area contributed by atoms with Crippen LogP contribution in [0.3, 0.4) is 0 Å². The second kappa shape index (κ2) is 5.14. The molecule has 0 aromatic heterocycles. The van der Waals surface area contributed by atoms with E-state index < -0.39 is 0 Å². The molecule has 0 fully saturated rings. The van der Waals surface area contributed by atoms with Gasteiger partial charge in [-0.1, -0.05) is 18.7 Å². The lowest BCUT2D eigenvalue weighted by Crippen LogP contribution is -1.92. The number of allylic oxidation sites excluding steroid dienone is 2. The minimum absolute atomic E-state index is 0.0364. The topological polar surface area (TPSA) is 40.5 Å². The number of rotatable bonds is 3. The van der Waals surface area contributed by atoms with Crippen molar-refractivity contribution in [3.05, 3.63) is 35.5 Å². The molecule has 0 amide bonds. The van der Waals surface area contributed by atoms with Crippen LogP contribution in [0.25, 0.3) is 0 Å². The van der Waals surface area contributed by atoms with E-state index in [0.29, 0.717) is 5.57 Å². The monoisotopic (exact) mass is 158 g/mol. The molecule has 0 aromatic rings. The second-order valence-corrected chi connectivity index (χ2v) is 1.86. The Morgan fingerprint density at radius 1 is 1.60 bits per heavy atom. The summed E-state index contributed by atoms with van der Waals surface area (Å²) in [6, 6.07) is 0. The molecular formula is C7H10O2S. The summed E-state index contributed by atoms with van der Waals surface area (Å²) in [5.41, 5.74) is 0.407. The summed E-state index contributed by atoms with van der Waals surface area (Å²) in [6.45, 7) is 3.20. The van der Waals surface area contributed by atoms with Gasteiger partial charge < -0.3 is 10.2 Å². The lowest BCUT2D eigenvalue weighted by molar-refractivity contribution is 0.315. The van der Waals surface area contributed by atoms with Gasteiger partial charge in [-0.05, 0) is 0 Å². The zero-order chi connectivity index (χ0) is 7.98. The van der Waals surface area contributed by atoms with Crippen LogP contribution in [0.15, 0.2) is 35.5 Å². The van der Waals surface area contributed by atoms with Crippen LogP contribution in [0.4, 0.5) is 0 Å². The van der Waals surface area contributed by atoms with Crippen molar-refractivity contribution in [1.82, 2.24) is 0 Å². The summed E-state index contributed by atoms with van der Waals surface area (Å²) in [6.07, 6.45) is 3.00. The van der Waals surface area contributed by atoms with Gasteiger partial charge in [-0.15, -0.1) is 12.6 Å². The number of aliphatic hydroxyl groups is 2. The first-order chi connectivity index (χ1) is 4.76. The highest BCUT2D eigenvalue weighted by atomic mass is 32.1. The molecule has 56 valence electrons. The van der Waals surface area contributed by atoms with Crippen LogP contribution >= 0.6 is 12.6 Å². The first kappa shape index (κ1) is 9.33. The Balaban J connectivity index is 4.35. The molecule has 0 heterocycles. The highest BCUT2D eigenvalue weighted by Crippen LogP contribution is 2.05. The van der Waals surface area contributed by atoms with Crippen molar-refractivity contribution in [2.24, 2.45) is 0 Å². The van der Waals surface area contributed by atoms with Gasteiger partial charge in [0.2, 0.25) is 0 Å². The van der Waals surface area contributed by atoms with Gasteiger partial charge in [0.15, 0.2) is 0 Å². The Kier molecular flexibility index (Phi) is 4.80. The molecule has 0 atom stereocenters. The molecule has 2 N–H and O–H groups in total. The number of hydrogen-bond donors (Lipinski definition) is 3. The summed E-state index contributed by atoms with van der Waals surface area (Å²) >= 11 is 3.70. The van der Waals surface area contributed by atoms with Crippen molar-refractivity contribution >= 4 is 12.6 Å². The third kappa shape index (κ3) is 2.75. The molecule has 0 unspecified atom stereocenters. The van der Waals surface area contributed by atoms with E-state index in [1.165, 1.54) is 17.6 Å². The van der Waals surface area contributed by atoms with Crippen LogP contribution < -0.4 is 0 Å². The molecule has 0 saturated carbocycles. The van der Waals surface area contributed by atoms with Gasteiger partial charge in [0.1, 0.15) is 5.76 Å². The molecule has 0 bridgehead atoms. The summed E-state index contributed by atoms with van der Waals surface area (Å²) in [5, 5.41) is 18.8. The molecule has 0 radical (unpaired) electrons. The van der Waals surface area contributed by atoms with Crippen LogP contribution in [0, 0.1) is 0 Å². The van der Waals surface area contributed by atoms with Gasteiger partial charge in [-0.2, -0.15) is 0 Å². The maximum Gasteiger partial charge on any atom is 0.127 e. The Morgan fingerprint density at radius 2 is 2.20 bits per heavy atom. The molecule has 0 aliphatic rings. The van der Waals surface area contributed by atoms with E-state index in [1.54, 1.807) is 0 Å². The van der Waals surface area contributed by atoms with Crippen LogP contribution in [0.2, 0.25) is 0 Å². The fourth-order valence-electron chi connectivity index (χ4n) is 0.444. The van der Waals surface area contributed by atoms with Crippen molar-refractivity contribution < 1.29 is 10.2 Å². The lowest BCUT2D eigenvalue weighted by Gasteiger charge is -1.98. The van der Waals surface area contributed by atoms with Crippen LogP contribution in [-0.4, -0.2) is 16.8 Å². The summed E-state index contributed by atoms with van der Waals surface area (Å²) in [7, 11) is 0. The SMILES string of the molecule is C=C/C=C(CO)\C(O)=C/S. The zero-order valence-electron chi connectivity index (χ0n) is 5.49. The van der Waals surface area contributed by atoms with Crippen molar-refractivity contribution in [2.45, 2.75) is 0 Å². The van der Waals surface area contributed by atoms with Gasteiger partial charge in [-0.3, -0.25) is 0 Å². The van der Waals surface area contributed by atoms with Crippen LogP contribution in [0.1, 0.15) is 0 Å². The van der Waals surface area contributed by atoms with E-state index in [2.05, 4.69) is 19.2 Å². The second-order valence-electron chi connectivity index (χ2n) is 1.60. The Labute approximate surface area is 65.6 Å². The van der Waals surface area contributed by atoms with E-state index >= 15 is 0 Å². The van der Waals surface area contributed by atoms with Crippen LogP contribution in [0.5, 0.6) is 0 Å². The minimum Gasteiger partial charge on any atom is -0.507 e. The Hall–Kier alpha value is -0.670. The van der Waals surface area contributed by atoms with Gasteiger partial charge in [0.25, 0.3) is 0 Å². The van der Waals surface area contributed by atoms with Crippen molar-refractivity contribution in [2.75, 3.05) is 6.61 Å². The Bertz CT molecular complexity index is 170. The van der Waals surface area contributed by atoms with Crippen molar-refractivity contribution in [1.29, 1.82) is 0 Å². The highest BCUT2D eigenvalue weighted by Gasteiger charge is 1.97. The van der Waals surface area contributed by atoms with Crippen molar-refractivity contribution in [3.8, 4) is 0 Å². The van der Waals surface area contributed by atoms with E-state index in [-0.39, 0.29) is 12.4 Å². The summed E-state index contributed by atoms with van der Waals surface area (Å²) in [4.78, 5) is 0. The largest absolute Gasteiger partial charge is 0.507 e. The number of thiol groups is 1. The average Bonchev–Trinajstić information content (AvgIpc) is 1.99. The standard InChI is InChI=1S/C7H10O2S/c1-2-3-6(4-8)7(9)5-10/h2-3,5,8-10H,1,4H2/b6-3-,7-5+. The van der Waals surface area contributed by atoms with E-state index in [9.17, 15) is 0 Å². The van der Waals surface area contributed by atoms with Gasteiger partial charge in [0.05, 0.1) is 6.61 Å². The van der Waals surface area contributed by atoms with Gasteiger partial charge in [-0.25, -0.2) is 0 Å². The van der Waals surface area contributed by atoms with E-state index in [4.69, 9.17) is 10.2 Å². The fourth-order valence-corrected chi connectivity index (χ4v) is 0.610. The third-order valence-corrected chi connectivity index (χ3v) is 1.19. The lowest BCUT2D eigenvalue weighted by atomic mass is 10.2. The predicted molar refractivity (Wildman–Crippen MR) is 45.1 cm³/mol. The van der Waals surface area contributed by atoms with E-state index in [0.717, 1.165) is 0 Å². The quantitative estimate of drug-likeness (QED) is 0.330. The van der Waals surface area contributed by atoms with Crippen molar-refractivity contribution in [3.63, 3.8) is 0 Å². The fraction of sp³-hybridized carbons (Fsp3) is 0.143. The molecule has 10 heavy (non-hydrogen) atoms. The summed E-state index contributed by atoms with van der Waals surface area (Å²) in [5.74, 6) is -0.0364. The molecule has 0 rings (SSSR count). The highest BCUT2D eigenvalue weighted by molar-refractivity contribution is 7.83. The maximum absolute atomic E-state index is 8.96. The average molecular weight is 158 g/mol. The number of hydrogen-bond acceptors (Lipinski definition) is 3. The molecule has 2 nitrogen and oxygen atoms in total. The molecule has 0 aliphatic heterocycles. The molecule has 0 spiro atoms. The molecule has 0 aromatic carbocycles. The van der Waals surface area contributed by atoms with E-state index in [1.807, 2.05) is 0 Å². The zero-order valence-corrected chi connectivity index (χ0v) is 6.38. The first-order valence-electron chi connectivity index (χ1n) is 2.72. The van der Waals surface area contributed by atoms with Gasteiger partial charge in [0, 0.05) is 11.0 Å². The maximum atomic E-state index is 8.96. The number of aliphatic hydroxyl groups excluding tert-OH is 2. The summed E-state index contributed by atoms with van der Waals surface area (Å²) < 4.78 is 0.